The second-order valence-corrected chi connectivity index (χ2v) is 13.5. The summed E-state index contributed by atoms with van der Waals surface area (Å²) in [5, 5.41) is 10.5. The van der Waals surface area contributed by atoms with E-state index in [1.165, 1.54) is 51.4 Å². The zero-order valence-corrected chi connectivity index (χ0v) is 20.3. The van der Waals surface area contributed by atoms with Gasteiger partial charge in [-0.2, -0.15) is 0 Å². The number of rotatable bonds is 1. The molecule has 0 radical (unpaired) electrons. The van der Waals surface area contributed by atoms with E-state index in [-0.39, 0.29) is 16.2 Å². The number of aliphatic hydroxyl groups excluding tert-OH is 1. The monoisotopic (exact) mass is 412 g/mol. The van der Waals surface area contributed by atoms with Crippen molar-refractivity contribution < 1.29 is 9.90 Å². The Morgan fingerprint density at radius 3 is 2.33 bits per heavy atom. The number of allylic oxidation sites excluding steroid dienone is 2. The van der Waals surface area contributed by atoms with Crippen molar-refractivity contribution in [1.29, 1.82) is 0 Å². The average molecular weight is 413 g/mol. The van der Waals surface area contributed by atoms with E-state index >= 15 is 0 Å². The minimum absolute atomic E-state index is 0.130. The topological polar surface area (TPSA) is 37.3 Å². The molecule has 0 spiro atoms. The SMILES string of the molecule is C[C@@H]1CC[C@]2(CO)CC[C@]3(C)[C@H](CC[C@@H]4[C@@]5(C)C=CC(=O)C(C)(C)[C@@H]5CC[C@]43C)[C@@H]12. The van der Waals surface area contributed by atoms with Gasteiger partial charge in [0.15, 0.2) is 5.78 Å². The summed E-state index contributed by atoms with van der Waals surface area (Å²) in [6.45, 7) is 15.0. The summed E-state index contributed by atoms with van der Waals surface area (Å²) in [7, 11) is 0. The minimum Gasteiger partial charge on any atom is -0.396 e. The highest BCUT2D eigenvalue weighted by molar-refractivity contribution is 5.95. The summed E-state index contributed by atoms with van der Waals surface area (Å²) in [4.78, 5) is 12.8. The average Bonchev–Trinajstić information content (AvgIpc) is 3.03. The third kappa shape index (κ3) is 2.28. The quantitative estimate of drug-likeness (QED) is 0.539. The molecule has 4 fully saturated rings. The molecule has 2 heteroatoms. The van der Waals surface area contributed by atoms with Gasteiger partial charge in [-0.25, -0.2) is 0 Å². The van der Waals surface area contributed by atoms with E-state index in [0.29, 0.717) is 41.0 Å². The Morgan fingerprint density at radius 1 is 0.900 bits per heavy atom. The molecule has 0 aromatic carbocycles. The van der Waals surface area contributed by atoms with Crippen LogP contribution in [0.2, 0.25) is 0 Å². The second kappa shape index (κ2) is 6.24. The van der Waals surface area contributed by atoms with Crippen molar-refractivity contribution in [2.24, 2.45) is 56.7 Å². The lowest BCUT2D eigenvalue weighted by molar-refractivity contribution is -0.221. The van der Waals surface area contributed by atoms with E-state index < -0.39 is 0 Å². The molecule has 4 saturated carbocycles. The van der Waals surface area contributed by atoms with Crippen molar-refractivity contribution in [3.05, 3.63) is 12.2 Å². The Hall–Kier alpha value is -0.630. The van der Waals surface area contributed by atoms with Gasteiger partial charge in [-0.05, 0) is 109 Å². The molecule has 30 heavy (non-hydrogen) atoms. The van der Waals surface area contributed by atoms with E-state index in [1.807, 2.05) is 6.08 Å². The number of fused-ring (bicyclic) bond motifs is 7. The molecular formula is C28H44O2. The number of ketones is 1. The summed E-state index contributed by atoms with van der Waals surface area (Å²) in [5.74, 6) is 3.65. The van der Waals surface area contributed by atoms with Crippen LogP contribution in [0.25, 0.3) is 0 Å². The third-order valence-electron chi connectivity index (χ3n) is 12.5. The van der Waals surface area contributed by atoms with E-state index in [9.17, 15) is 9.90 Å². The van der Waals surface area contributed by atoms with Gasteiger partial charge < -0.3 is 5.11 Å². The smallest absolute Gasteiger partial charge is 0.161 e. The van der Waals surface area contributed by atoms with E-state index in [2.05, 4.69) is 47.6 Å². The van der Waals surface area contributed by atoms with Crippen LogP contribution < -0.4 is 0 Å². The first-order valence-electron chi connectivity index (χ1n) is 12.8. The van der Waals surface area contributed by atoms with Gasteiger partial charge in [-0.3, -0.25) is 4.79 Å². The largest absolute Gasteiger partial charge is 0.396 e. The molecule has 2 nitrogen and oxygen atoms in total. The first-order chi connectivity index (χ1) is 14.0. The molecule has 0 heterocycles. The first-order valence-corrected chi connectivity index (χ1v) is 12.8. The number of aliphatic hydroxyl groups is 1. The molecule has 5 aliphatic carbocycles. The van der Waals surface area contributed by atoms with Gasteiger partial charge in [0.05, 0.1) is 0 Å². The highest BCUT2D eigenvalue weighted by atomic mass is 16.3. The number of carbonyl (C=O) groups is 1. The maximum Gasteiger partial charge on any atom is 0.161 e. The fourth-order valence-corrected chi connectivity index (χ4v) is 10.7. The molecule has 0 unspecified atom stereocenters. The molecule has 1 N–H and O–H groups in total. The minimum atomic E-state index is -0.235. The maximum atomic E-state index is 12.8. The predicted molar refractivity (Wildman–Crippen MR) is 122 cm³/mol. The molecular weight excluding hydrogens is 368 g/mol. The molecule has 168 valence electrons. The zero-order valence-electron chi connectivity index (χ0n) is 20.3. The lowest BCUT2D eigenvalue weighted by Gasteiger charge is -2.71. The van der Waals surface area contributed by atoms with Gasteiger partial charge in [0.1, 0.15) is 0 Å². The van der Waals surface area contributed by atoms with Crippen molar-refractivity contribution in [3.8, 4) is 0 Å². The van der Waals surface area contributed by atoms with Gasteiger partial charge in [0.25, 0.3) is 0 Å². The van der Waals surface area contributed by atoms with Crippen LogP contribution in [-0.4, -0.2) is 17.5 Å². The van der Waals surface area contributed by atoms with Crippen LogP contribution in [0.3, 0.4) is 0 Å². The van der Waals surface area contributed by atoms with Crippen molar-refractivity contribution in [2.75, 3.05) is 6.61 Å². The predicted octanol–water partition coefficient (Wildman–Crippen LogP) is 6.43. The molecule has 5 aliphatic rings. The standard InChI is InChI=1S/C28H44O2/c1-18-9-14-28(17-29)16-15-26(5)19(23(18)28)7-8-21-25(4)12-11-22(30)24(2,3)20(25)10-13-27(21,26)6/h11-12,18-21,23,29H,7-10,13-17H2,1-6H3/t18-,19-,20+,21-,23-,25+,26-,27-,28-/m1/s1. The fourth-order valence-electron chi connectivity index (χ4n) is 10.7. The Balaban J connectivity index is 1.57. The van der Waals surface area contributed by atoms with Crippen LogP contribution >= 0.6 is 0 Å². The molecule has 5 rings (SSSR count). The van der Waals surface area contributed by atoms with Gasteiger partial charge in [0, 0.05) is 12.0 Å². The van der Waals surface area contributed by atoms with E-state index in [0.717, 1.165) is 11.8 Å². The zero-order chi connectivity index (χ0) is 21.7. The number of hydrogen-bond acceptors (Lipinski definition) is 2. The maximum absolute atomic E-state index is 12.8. The first kappa shape index (κ1) is 21.2. The fraction of sp³-hybridized carbons (Fsp3) is 0.893. The van der Waals surface area contributed by atoms with Crippen LogP contribution in [0.1, 0.15) is 92.9 Å². The second-order valence-electron chi connectivity index (χ2n) is 13.5. The Kier molecular flexibility index (Phi) is 4.41. The Bertz CT molecular complexity index is 782. The van der Waals surface area contributed by atoms with Crippen LogP contribution in [0.15, 0.2) is 12.2 Å². The van der Waals surface area contributed by atoms with Crippen LogP contribution in [0.5, 0.6) is 0 Å². The number of hydrogen-bond donors (Lipinski definition) is 1. The van der Waals surface area contributed by atoms with Crippen LogP contribution in [0.4, 0.5) is 0 Å². The molecule has 0 aromatic rings. The molecule has 0 aliphatic heterocycles. The third-order valence-corrected chi connectivity index (χ3v) is 12.5. The van der Waals surface area contributed by atoms with Gasteiger partial charge in [-0.1, -0.05) is 47.6 Å². The normalized spacial score (nSPS) is 56.6. The summed E-state index contributed by atoms with van der Waals surface area (Å²) in [5.41, 5.74) is 0.774. The summed E-state index contributed by atoms with van der Waals surface area (Å²) >= 11 is 0. The highest BCUT2D eigenvalue weighted by Crippen LogP contribution is 2.76. The van der Waals surface area contributed by atoms with Crippen LogP contribution in [0, 0.1) is 56.7 Å². The van der Waals surface area contributed by atoms with Crippen molar-refractivity contribution in [2.45, 2.75) is 92.9 Å². The highest BCUT2D eigenvalue weighted by Gasteiger charge is 2.69. The summed E-state index contributed by atoms with van der Waals surface area (Å²) < 4.78 is 0. The summed E-state index contributed by atoms with van der Waals surface area (Å²) in [6, 6.07) is 0. The van der Waals surface area contributed by atoms with Crippen molar-refractivity contribution >= 4 is 5.78 Å². The van der Waals surface area contributed by atoms with Gasteiger partial charge >= 0.3 is 0 Å². The molecule has 9 atom stereocenters. The van der Waals surface area contributed by atoms with Crippen molar-refractivity contribution in [1.82, 2.24) is 0 Å². The van der Waals surface area contributed by atoms with Gasteiger partial charge in [-0.15, -0.1) is 0 Å². The van der Waals surface area contributed by atoms with Crippen LogP contribution in [-0.2, 0) is 4.79 Å². The lowest BCUT2D eigenvalue weighted by Crippen LogP contribution is -2.65. The molecule has 0 aromatic heterocycles. The molecule has 0 amide bonds. The number of carbonyl (C=O) groups excluding carboxylic acids is 1. The van der Waals surface area contributed by atoms with Crippen molar-refractivity contribution in [3.63, 3.8) is 0 Å². The summed E-state index contributed by atoms with van der Waals surface area (Å²) in [6.07, 6.45) is 14.4. The van der Waals surface area contributed by atoms with Gasteiger partial charge in [0.2, 0.25) is 0 Å². The van der Waals surface area contributed by atoms with E-state index in [4.69, 9.17) is 0 Å². The molecule has 0 saturated heterocycles. The Labute approximate surface area is 184 Å². The Morgan fingerprint density at radius 2 is 1.63 bits per heavy atom. The van der Waals surface area contributed by atoms with E-state index in [1.54, 1.807) is 0 Å². The lowest BCUT2D eigenvalue weighted by atomic mass is 9.33. The molecule has 0 bridgehead atoms.